The molecule has 0 radical (unpaired) electrons. The van der Waals surface area contributed by atoms with E-state index in [-0.39, 0.29) is 12.1 Å². The second kappa shape index (κ2) is 7.45. The highest BCUT2D eigenvalue weighted by Crippen LogP contribution is 2.10. The monoisotopic (exact) mass is 243 g/mol. The highest BCUT2D eigenvalue weighted by molar-refractivity contribution is 5.91. The molecule has 0 aromatic carbocycles. The van der Waals surface area contributed by atoms with Crippen LogP contribution in [0.2, 0.25) is 0 Å². The Balaban J connectivity index is 3.87. The van der Waals surface area contributed by atoms with Crippen LogP contribution in [0.4, 0.5) is 0 Å². The van der Waals surface area contributed by atoms with Crippen molar-refractivity contribution in [1.29, 1.82) is 0 Å². The minimum Gasteiger partial charge on any atom is -0.352 e. The fraction of sp³-hybridized carbons (Fsp3) is 0.769. The third kappa shape index (κ3) is 6.44. The van der Waals surface area contributed by atoms with Crippen molar-refractivity contribution < 1.29 is 14.4 Å². The van der Waals surface area contributed by atoms with Gasteiger partial charge in [-0.05, 0) is 13.3 Å². The van der Waals surface area contributed by atoms with Gasteiger partial charge in [0, 0.05) is 25.0 Å². The maximum atomic E-state index is 11.2. The standard InChI is InChI=1S/C13H26N2O2/c1-6-8-12(16)15(4,5)10-7-9-14-13(17)11(2)3/h12,16H,2,6-10H2,1,3-5H3/p+1. The van der Waals surface area contributed by atoms with Crippen LogP contribution in [0.15, 0.2) is 12.2 Å². The van der Waals surface area contributed by atoms with Gasteiger partial charge in [0.2, 0.25) is 5.91 Å². The van der Waals surface area contributed by atoms with Crippen molar-refractivity contribution in [2.75, 3.05) is 27.2 Å². The molecule has 0 rings (SSSR count). The lowest BCUT2D eigenvalue weighted by Gasteiger charge is -2.34. The van der Waals surface area contributed by atoms with E-state index in [4.69, 9.17) is 0 Å². The van der Waals surface area contributed by atoms with Crippen molar-refractivity contribution in [1.82, 2.24) is 5.32 Å². The molecule has 4 nitrogen and oxygen atoms in total. The van der Waals surface area contributed by atoms with Crippen molar-refractivity contribution in [3.63, 3.8) is 0 Å². The first-order valence-electron chi connectivity index (χ1n) is 6.25. The third-order valence-electron chi connectivity index (χ3n) is 2.94. The topological polar surface area (TPSA) is 49.3 Å². The number of aliphatic hydroxyl groups excluding tert-OH is 1. The Kier molecular flexibility index (Phi) is 7.07. The van der Waals surface area contributed by atoms with Gasteiger partial charge in [-0.25, -0.2) is 0 Å². The van der Waals surface area contributed by atoms with E-state index in [1.807, 2.05) is 14.1 Å². The van der Waals surface area contributed by atoms with E-state index in [0.29, 0.717) is 16.6 Å². The Morgan fingerprint density at radius 3 is 2.53 bits per heavy atom. The zero-order chi connectivity index (χ0) is 13.5. The van der Waals surface area contributed by atoms with Crippen LogP contribution in [0.1, 0.15) is 33.1 Å². The summed E-state index contributed by atoms with van der Waals surface area (Å²) in [5, 5.41) is 12.7. The van der Waals surface area contributed by atoms with Gasteiger partial charge in [-0.15, -0.1) is 0 Å². The zero-order valence-corrected chi connectivity index (χ0v) is 11.6. The van der Waals surface area contributed by atoms with Crippen LogP contribution in [0.25, 0.3) is 0 Å². The lowest BCUT2D eigenvalue weighted by Crippen LogP contribution is -2.50. The van der Waals surface area contributed by atoms with Gasteiger partial charge in [-0.3, -0.25) is 4.79 Å². The normalized spacial score (nSPS) is 13.2. The van der Waals surface area contributed by atoms with Crippen LogP contribution in [-0.4, -0.2) is 48.9 Å². The van der Waals surface area contributed by atoms with Gasteiger partial charge >= 0.3 is 0 Å². The Morgan fingerprint density at radius 2 is 2.06 bits per heavy atom. The highest BCUT2D eigenvalue weighted by atomic mass is 16.3. The smallest absolute Gasteiger partial charge is 0.246 e. The van der Waals surface area contributed by atoms with E-state index in [1.54, 1.807) is 6.92 Å². The third-order valence-corrected chi connectivity index (χ3v) is 2.94. The number of carbonyl (C=O) groups is 1. The van der Waals surface area contributed by atoms with Crippen molar-refractivity contribution in [2.24, 2.45) is 0 Å². The molecule has 2 N–H and O–H groups in total. The highest BCUT2D eigenvalue weighted by Gasteiger charge is 2.24. The number of nitrogens with zero attached hydrogens (tertiary/aromatic N) is 1. The number of amides is 1. The lowest BCUT2D eigenvalue weighted by molar-refractivity contribution is -0.937. The molecule has 1 amide bonds. The van der Waals surface area contributed by atoms with Crippen molar-refractivity contribution in [3.05, 3.63) is 12.2 Å². The molecule has 0 aromatic heterocycles. The molecular weight excluding hydrogens is 216 g/mol. The van der Waals surface area contributed by atoms with E-state index >= 15 is 0 Å². The molecule has 0 aliphatic rings. The Hall–Kier alpha value is -0.870. The number of carbonyl (C=O) groups excluding carboxylic acids is 1. The van der Waals surface area contributed by atoms with Gasteiger partial charge in [0.15, 0.2) is 6.23 Å². The first kappa shape index (κ1) is 16.1. The maximum Gasteiger partial charge on any atom is 0.246 e. The molecule has 0 fully saturated rings. The molecule has 1 unspecified atom stereocenters. The van der Waals surface area contributed by atoms with Crippen LogP contribution < -0.4 is 5.32 Å². The molecule has 100 valence electrons. The Morgan fingerprint density at radius 1 is 1.47 bits per heavy atom. The SMILES string of the molecule is C=C(C)C(=O)NCCC[N+](C)(C)C(O)CCC. The number of hydrogen-bond donors (Lipinski definition) is 2. The van der Waals surface area contributed by atoms with Crippen LogP contribution in [0.3, 0.4) is 0 Å². The average molecular weight is 243 g/mol. The van der Waals surface area contributed by atoms with E-state index in [1.165, 1.54) is 0 Å². The summed E-state index contributed by atoms with van der Waals surface area (Å²) in [5.74, 6) is -0.0931. The summed E-state index contributed by atoms with van der Waals surface area (Å²) < 4.78 is 0.580. The summed E-state index contributed by atoms with van der Waals surface area (Å²) in [4.78, 5) is 11.2. The maximum absolute atomic E-state index is 11.2. The molecule has 0 aliphatic heterocycles. The van der Waals surface area contributed by atoms with E-state index in [2.05, 4.69) is 18.8 Å². The number of hydrogen-bond acceptors (Lipinski definition) is 2. The van der Waals surface area contributed by atoms with Crippen molar-refractivity contribution in [2.45, 2.75) is 39.3 Å². The molecule has 0 spiro atoms. The molecule has 0 aromatic rings. The van der Waals surface area contributed by atoms with Crippen molar-refractivity contribution in [3.8, 4) is 0 Å². The molecule has 1 atom stereocenters. The fourth-order valence-corrected chi connectivity index (χ4v) is 1.60. The molecule has 0 bridgehead atoms. The van der Waals surface area contributed by atoms with Crippen molar-refractivity contribution >= 4 is 5.91 Å². The zero-order valence-electron chi connectivity index (χ0n) is 11.6. The summed E-state index contributed by atoms with van der Waals surface area (Å²) in [5.41, 5.74) is 0.532. The Labute approximate surface area is 105 Å². The largest absolute Gasteiger partial charge is 0.352 e. The molecule has 0 saturated carbocycles. The fourth-order valence-electron chi connectivity index (χ4n) is 1.60. The quantitative estimate of drug-likeness (QED) is 0.292. The summed E-state index contributed by atoms with van der Waals surface area (Å²) in [7, 11) is 4.03. The van der Waals surface area contributed by atoms with E-state index < -0.39 is 0 Å². The van der Waals surface area contributed by atoms with E-state index in [0.717, 1.165) is 25.8 Å². The molecule has 0 saturated heterocycles. The van der Waals surface area contributed by atoms with Gasteiger partial charge in [0.05, 0.1) is 20.6 Å². The molecule has 17 heavy (non-hydrogen) atoms. The number of aliphatic hydroxyl groups is 1. The van der Waals surface area contributed by atoms with Gasteiger partial charge < -0.3 is 14.9 Å². The van der Waals surface area contributed by atoms with Crippen LogP contribution in [0.5, 0.6) is 0 Å². The summed E-state index contributed by atoms with van der Waals surface area (Å²) in [6.07, 6.45) is 2.32. The second-order valence-electron chi connectivity index (χ2n) is 5.16. The lowest BCUT2D eigenvalue weighted by atomic mass is 10.2. The minimum atomic E-state index is -0.322. The van der Waals surface area contributed by atoms with Gasteiger partial charge in [-0.2, -0.15) is 0 Å². The van der Waals surface area contributed by atoms with Gasteiger partial charge in [-0.1, -0.05) is 13.5 Å². The average Bonchev–Trinajstić information content (AvgIpc) is 2.24. The summed E-state index contributed by atoms with van der Waals surface area (Å²) >= 11 is 0. The minimum absolute atomic E-state index is 0.0931. The number of rotatable bonds is 8. The van der Waals surface area contributed by atoms with Crippen LogP contribution in [0, 0.1) is 0 Å². The molecular formula is C13H27N2O2+. The summed E-state index contributed by atoms with van der Waals surface area (Å²) in [6.45, 7) is 8.82. The van der Waals surface area contributed by atoms with Gasteiger partial charge in [0.1, 0.15) is 0 Å². The van der Waals surface area contributed by atoms with Gasteiger partial charge in [0.25, 0.3) is 0 Å². The first-order valence-corrected chi connectivity index (χ1v) is 6.25. The second-order valence-corrected chi connectivity index (χ2v) is 5.16. The van der Waals surface area contributed by atoms with Crippen LogP contribution >= 0.6 is 0 Å². The first-order chi connectivity index (χ1) is 7.81. The molecule has 0 heterocycles. The molecule has 4 heteroatoms. The Bertz CT molecular complexity index is 262. The number of nitrogens with one attached hydrogen (secondary N) is 1. The summed E-state index contributed by atoms with van der Waals surface area (Å²) in [6, 6.07) is 0. The predicted molar refractivity (Wildman–Crippen MR) is 70.3 cm³/mol. The molecule has 0 aliphatic carbocycles. The number of quaternary nitrogens is 1. The van der Waals surface area contributed by atoms with E-state index in [9.17, 15) is 9.90 Å². The predicted octanol–water partition coefficient (Wildman–Crippen LogP) is 1.26. The van der Waals surface area contributed by atoms with Crippen LogP contribution in [-0.2, 0) is 4.79 Å².